The third-order valence-corrected chi connectivity index (χ3v) is 9.04. The van der Waals surface area contributed by atoms with E-state index in [1.165, 1.54) is 4.31 Å². The fourth-order valence-corrected chi connectivity index (χ4v) is 6.52. The number of piperidine rings is 1. The molecular formula is C25H31N3O5S. The maximum Gasteiger partial charge on any atom is 0.243 e. The minimum atomic E-state index is -3.58. The van der Waals surface area contributed by atoms with Gasteiger partial charge in [0.1, 0.15) is 0 Å². The second-order valence-electron chi connectivity index (χ2n) is 9.73. The molecule has 2 aromatic carbocycles. The maximum absolute atomic E-state index is 13.5. The molecule has 0 bridgehead atoms. The molecule has 0 saturated carbocycles. The van der Waals surface area contributed by atoms with Crippen molar-refractivity contribution in [2.24, 2.45) is 5.92 Å². The molecule has 3 aliphatic heterocycles. The molecular weight excluding hydrogens is 454 g/mol. The summed E-state index contributed by atoms with van der Waals surface area (Å²) >= 11 is 0. The topological polar surface area (TPSA) is 88.2 Å². The van der Waals surface area contributed by atoms with E-state index in [1.807, 2.05) is 56.0 Å². The highest BCUT2D eigenvalue weighted by molar-refractivity contribution is 7.89. The van der Waals surface area contributed by atoms with Crippen molar-refractivity contribution in [3.63, 3.8) is 0 Å². The number of aryl methyl sites for hydroxylation is 1. The molecule has 3 aliphatic rings. The SMILES string of the molecule is Cc1ccc(S(=O)(=O)N2CCC3(CC2)N[C@H](C(C)C)C(=O)N3Cc2ccc3c(c2)OCO3)cc1. The highest BCUT2D eigenvalue weighted by Crippen LogP contribution is 2.38. The monoisotopic (exact) mass is 485 g/mol. The molecule has 0 unspecified atom stereocenters. The van der Waals surface area contributed by atoms with Crippen LogP contribution in [-0.4, -0.2) is 55.1 Å². The zero-order valence-corrected chi connectivity index (χ0v) is 20.6. The summed E-state index contributed by atoms with van der Waals surface area (Å²) in [6.07, 6.45) is 1.05. The Bertz CT molecular complexity index is 1190. The van der Waals surface area contributed by atoms with Crippen molar-refractivity contribution in [2.45, 2.75) is 56.8 Å². The molecule has 1 spiro atoms. The Hall–Kier alpha value is -2.62. The predicted octanol–water partition coefficient (Wildman–Crippen LogP) is 2.86. The first kappa shape index (κ1) is 23.1. The Balaban J connectivity index is 1.38. The van der Waals surface area contributed by atoms with Crippen molar-refractivity contribution in [1.29, 1.82) is 0 Å². The molecule has 9 heteroatoms. The molecule has 2 aromatic rings. The lowest BCUT2D eigenvalue weighted by Crippen LogP contribution is -2.59. The summed E-state index contributed by atoms with van der Waals surface area (Å²) in [6.45, 7) is 7.32. The number of fused-ring (bicyclic) bond motifs is 1. The van der Waals surface area contributed by atoms with Crippen LogP contribution in [0.3, 0.4) is 0 Å². The maximum atomic E-state index is 13.5. The van der Waals surface area contributed by atoms with E-state index in [-0.39, 0.29) is 24.7 Å². The van der Waals surface area contributed by atoms with Crippen molar-refractivity contribution in [3.8, 4) is 11.5 Å². The molecule has 0 aromatic heterocycles. The number of amides is 1. The van der Waals surface area contributed by atoms with Crippen molar-refractivity contribution in [3.05, 3.63) is 53.6 Å². The Morgan fingerprint density at radius 1 is 1.06 bits per heavy atom. The molecule has 1 atom stereocenters. The minimum absolute atomic E-state index is 0.0579. The van der Waals surface area contributed by atoms with Crippen LogP contribution in [0.4, 0.5) is 0 Å². The lowest BCUT2D eigenvalue weighted by Gasteiger charge is -2.44. The van der Waals surface area contributed by atoms with Crippen LogP contribution in [0.15, 0.2) is 47.4 Å². The fraction of sp³-hybridized carbons (Fsp3) is 0.480. The van der Waals surface area contributed by atoms with Crippen LogP contribution in [0.2, 0.25) is 0 Å². The number of rotatable bonds is 5. The van der Waals surface area contributed by atoms with Gasteiger partial charge in [0, 0.05) is 19.6 Å². The fourth-order valence-electron chi connectivity index (χ4n) is 5.08. The summed E-state index contributed by atoms with van der Waals surface area (Å²) < 4.78 is 38.9. The summed E-state index contributed by atoms with van der Waals surface area (Å²) in [7, 11) is -3.58. The van der Waals surface area contributed by atoms with Gasteiger partial charge in [0.15, 0.2) is 11.5 Å². The standard InChI is InChI=1S/C25H31N3O5S/c1-17(2)23-24(29)28(15-19-6-9-21-22(14-19)33-16-32-21)25(26-23)10-12-27(13-11-25)34(30,31)20-7-4-18(3)5-8-20/h4-9,14,17,23,26H,10-13,15-16H2,1-3H3/t23-/m1/s1. The molecule has 1 N–H and O–H groups in total. The Labute approximate surface area is 200 Å². The zero-order valence-electron chi connectivity index (χ0n) is 19.8. The van der Waals surface area contributed by atoms with Crippen molar-refractivity contribution in [1.82, 2.24) is 14.5 Å². The van der Waals surface area contributed by atoms with Crippen LogP contribution < -0.4 is 14.8 Å². The second kappa shape index (κ2) is 8.55. The van der Waals surface area contributed by atoms with Crippen LogP contribution in [0, 0.1) is 12.8 Å². The Morgan fingerprint density at radius 3 is 2.41 bits per heavy atom. The van der Waals surface area contributed by atoms with Crippen LogP contribution in [0.25, 0.3) is 0 Å². The quantitative estimate of drug-likeness (QED) is 0.701. The normalized spacial score (nSPS) is 22.2. The average Bonchev–Trinajstić information content (AvgIpc) is 3.38. The largest absolute Gasteiger partial charge is 0.454 e. The van der Waals surface area contributed by atoms with Crippen molar-refractivity contribution >= 4 is 15.9 Å². The number of benzene rings is 2. The van der Waals surface area contributed by atoms with Crippen LogP contribution in [0.5, 0.6) is 11.5 Å². The smallest absolute Gasteiger partial charge is 0.243 e. The molecule has 0 radical (unpaired) electrons. The van der Waals surface area contributed by atoms with Gasteiger partial charge in [-0.2, -0.15) is 4.31 Å². The number of carbonyl (C=O) groups is 1. The van der Waals surface area contributed by atoms with E-state index < -0.39 is 15.7 Å². The summed E-state index contributed by atoms with van der Waals surface area (Å²) in [5.41, 5.74) is 1.39. The minimum Gasteiger partial charge on any atom is -0.454 e. The predicted molar refractivity (Wildman–Crippen MR) is 127 cm³/mol. The Kier molecular flexibility index (Phi) is 5.82. The van der Waals surface area contributed by atoms with Crippen LogP contribution >= 0.6 is 0 Å². The number of sulfonamides is 1. The molecule has 8 nitrogen and oxygen atoms in total. The summed E-state index contributed by atoms with van der Waals surface area (Å²) in [5.74, 6) is 1.58. The van der Waals surface area contributed by atoms with E-state index in [2.05, 4.69) is 5.32 Å². The van der Waals surface area contributed by atoms with Crippen molar-refractivity contribution in [2.75, 3.05) is 19.9 Å². The van der Waals surface area contributed by atoms with Gasteiger partial charge in [0.25, 0.3) is 0 Å². The summed E-state index contributed by atoms with van der Waals surface area (Å²) in [5, 5.41) is 3.60. The van der Waals surface area contributed by atoms with E-state index in [0.29, 0.717) is 48.9 Å². The summed E-state index contributed by atoms with van der Waals surface area (Å²) in [4.78, 5) is 15.7. The van der Waals surface area contributed by atoms with Crippen LogP contribution in [0.1, 0.15) is 37.8 Å². The number of hydrogen-bond acceptors (Lipinski definition) is 6. The van der Waals surface area contributed by atoms with Gasteiger partial charge in [-0.05, 0) is 55.5 Å². The highest BCUT2D eigenvalue weighted by atomic mass is 32.2. The van der Waals surface area contributed by atoms with Gasteiger partial charge in [-0.15, -0.1) is 0 Å². The van der Waals surface area contributed by atoms with E-state index in [1.54, 1.807) is 12.1 Å². The van der Waals surface area contributed by atoms with Gasteiger partial charge >= 0.3 is 0 Å². The molecule has 5 rings (SSSR count). The molecule has 3 heterocycles. The second-order valence-corrected chi connectivity index (χ2v) is 11.7. The van der Waals surface area contributed by atoms with Crippen molar-refractivity contribution < 1.29 is 22.7 Å². The third-order valence-electron chi connectivity index (χ3n) is 7.13. The van der Waals surface area contributed by atoms with Gasteiger partial charge in [-0.1, -0.05) is 37.6 Å². The lowest BCUT2D eigenvalue weighted by atomic mass is 9.96. The highest BCUT2D eigenvalue weighted by Gasteiger charge is 2.53. The molecule has 182 valence electrons. The first-order valence-electron chi connectivity index (χ1n) is 11.7. The van der Waals surface area contributed by atoms with Crippen LogP contribution in [-0.2, 0) is 21.4 Å². The Morgan fingerprint density at radius 2 is 1.74 bits per heavy atom. The lowest BCUT2D eigenvalue weighted by molar-refractivity contribution is -0.134. The first-order valence-corrected chi connectivity index (χ1v) is 13.2. The van der Waals surface area contributed by atoms with Gasteiger partial charge in [0.2, 0.25) is 22.7 Å². The average molecular weight is 486 g/mol. The number of carbonyl (C=O) groups excluding carboxylic acids is 1. The van der Waals surface area contributed by atoms with E-state index in [0.717, 1.165) is 11.1 Å². The first-order chi connectivity index (χ1) is 16.2. The molecule has 1 amide bonds. The third kappa shape index (κ3) is 3.95. The van der Waals surface area contributed by atoms with Gasteiger partial charge in [-0.25, -0.2) is 8.42 Å². The van der Waals surface area contributed by atoms with Gasteiger partial charge < -0.3 is 14.4 Å². The summed E-state index contributed by atoms with van der Waals surface area (Å²) in [6, 6.07) is 12.4. The molecule has 2 saturated heterocycles. The molecule has 0 aliphatic carbocycles. The number of nitrogens with one attached hydrogen (secondary N) is 1. The van der Waals surface area contributed by atoms with E-state index >= 15 is 0 Å². The number of hydrogen-bond donors (Lipinski definition) is 1. The van der Waals surface area contributed by atoms with E-state index in [9.17, 15) is 13.2 Å². The number of ether oxygens (including phenoxy) is 2. The zero-order chi connectivity index (χ0) is 24.1. The van der Waals surface area contributed by atoms with E-state index in [4.69, 9.17) is 9.47 Å². The van der Waals surface area contributed by atoms with Gasteiger partial charge in [0.05, 0.1) is 16.6 Å². The molecule has 34 heavy (non-hydrogen) atoms. The molecule has 2 fully saturated rings. The van der Waals surface area contributed by atoms with Gasteiger partial charge in [-0.3, -0.25) is 10.1 Å². The number of nitrogens with zero attached hydrogens (tertiary/aromatic N) is 2.